The molecule has 0 bridgehead atoms. The van der Waals surface area contributed by atoms with E-state index in [1.807, 2.05) is 0 Å². The van der Waals surface area contributed by atoms with Gasteiger partial charge in [0.05, 0.1) is 25.4 Å². The van der Waals surface area contributed by atoms with E-state index in [1.165, 1.54) is 83.5 Å². The number of hydrogen-bond acceptors (Lipinski definition) is 10. The van der Waals surface area contributed by atoms with Gasteiger partial charge in [0.1, 0.15) is 36.6 Å². The number of unbranched alkanes of at least 4 members (excludes halogenated alkanes) is 21. The van der Waals surface area contributed by atoms with E-state index < -0.39 is 74.2 Å². The van der Waals surface area contributed by atoms with Crippen LogP contribution in [-0.2, 0) is 14.3 Å². The number of hydrogen-bond donors (Lipinski definition) is 8. The standard InChI is InChI=1S/C51H93NO10/c1-3-5-7-9-11-13-15-17-19-20-21-22-23-24-25-27-29-31-33-35-37-39-44(55)50(60)52-42(41-61-51-49(59)48(58)47(57)45(40-53)62-51)46(56)43(54)38-36-34-32-30-28-26-18-16-14-12-10-8-6-4-2/h8,10,16,18,23-24,30,32,42-49,51,53-59H,3-7,9,11-15,17,19-22,25-29,31,33-41H2,1-2H3,(H,52,60)/b10-8+,18-16+,24-23-,32-30+. The van der Waals surface area contributed by atoms with Gasteiger partial charge < -0.3 is 50.5 Å². The fourth-order valence-electron chi connectivity index (χ4n) is 7.65. The van der Waals surface area contributed by atoms with E-state index in [0.29, 0.717) is 19.3 Å². The summed E-state index contributed by atoms with van der Waals surface area (Å²) in [7, 11) is 0. The highest BCUT2D eigenvalue weighted by Gasteiger charge is 2.44. The summed E-state index contributed by atoms with van der Waals surface area (Å²) in [5.41, 5.74) is 0. The van der Waals surface area contributed by atoms with Gasteiger partial charge in [0.15, 0.2) is 6.29 Å². The van der Waals surface area contributed by atoms with E-state index in [9.17, 15) is 40.5 Å². The van der Waals surface area contributed by atoms with Gasteiger partial charge >= 0.3 is 0 Å². The van der Waals surface area contributed by atoms with Crippen molar-refractivity contribution >= 4 is 5.91 Å². The number of carbonyl (C=O) groups is 1. The minimum atomic E-state index is -1.67. The van der Waals surface area contributed by atoms with E-state index >= 15 is 0 Å². The van der Waals surface area contributed by atoms with Crippen molar-refractivity contribution in [2.75, 3.05) is 13.2 Å². The van der Waals surface area contributed by atoms with Crippen LogP contribution in [0.25, 0.3) is 0 Å². The molecule has 0 radical (unpaired) electrons. The highest BCUT2D eigenvalue weighted by Crippen LogP contribution is 2.23. The molecule has 1 heterocycles. The van der Waals surface area contributed by atoms with Crippen molar-refractivity contribution in [2.24, 2.45) is 0 Å². The van der Waals surface area contributed by atoms with Crippen LogP contribution in [0.15, 0.2) is 48.6 Å². The first-order chi connectivity index (χ1) is 30.2. The predicted molar refractivity (Wildman–Crippen MR) is 251 cm³/mol. The predicted octanol–water partition coefficient (Wildman–Crippen LogP) is 8.95. The second-order valence-corrected chi connectivity index (χ2v) is 17.5. The molecular formula is C51H93NO10. The number of allylic oxidation sites excluding steroid dienone is 8. The molecule has 0 saturated carbocycles. The molecule has 1 aliphatic heterocycles. The maximum Gasteiger partial charge on any atom is 0.249 e. The molecule has 11 nitrogen and oxygen atoms in total. The fraction of sp³-hybridized carbons (Fsp3) is 0.824. The Bertz CT molecular complexity index is 1150. The number of nitrogens with one attached hydrogen (secondary N) is 1. The molecule has 0 aromatic rings. The molecule has 1 fully saturated rings. The first-order valence-corrected chi connectivity index (χ1v) is 25.0. The summed E-state index contributed by atoms with van der Waals surface area (Å²) in [5.74, 6) is -0.719. The topological polar surface area (TPSA) is 189 Å². The van der Waals surface area contributed by atoms with Crippen LogP contribution in [0.4, 0.5) is 0 Å². The highest BCUT2D eigenvalue weighted by molar-refractivity contribution is 5.80. The average molecular weight is 880 g/mol. The Kier molecular flexibility index (Phi) is 38.0. The highest BCUT2D eigenvalue weighted by atomic mass is 16.7. The maximum absolute atomic E-state index is 13.1. The van der Waals surface area contributed by atoms with Crippen molar-refractivity contribution in [1.82, 2.24) is 5.32 Å². The molecule has 9 atom stereocenters. The van der Waals surface area contributed by atoms with E-state index in [2.05, 4.69) is 67.8 Å². The fourth-order valence-corrected chi connectivity index (χ4v) is 7.65. The number of ether oxygens (including phenoxy) is 2. The van der Waals surface area contributed by atoms with Gasteiger partial charge in [-0.05, 0) is 83.5 Å². The van der Waals surface area contributed by atoms with Crippen LogP contribution in [0, 0.1) is 0 Å². The van der Waals surface area contributed by atoms with Crippen molar-refractivity contribution in [3.8, 4) is 0 Å². The Hall–Kier alpha value is -1.93. The summed E-state index contributed by atoms with van der Waals surface area (Å²) < 4.78 is 11.1. The van der Waals surface area contributed by atoms with E-state index in [1.54, 1.807) is 0 Å². The lowest BCUT2D eigenvalue weighted by Crippen LogP contribution is -2.60. The van der Waals surface area contributed by atoms with Crippen LogP contribution in [0.1, 0.15) is 200 Å². The molecule has 9 unspecified atom stereocenters. The Morgan fingerprint density at radius 2 is 1.00 bits per heavy atom. The molecule has 0 aliphatic carbocycles. The summed E-state index contributed by atoms with van der Waals surface area (Å²) in [6.45, 7) is 3.35. The van der Waals surface area contributed by atoms with Crippen molar-refractivity contribution in [3.05, 3.63) is 48.6 Å². The molecule has 0 aromatic heterocycles. The molecule has 11 heteroatoms. The number of carbonyl (C=O) groups excluding carboxylic acids is 1. The average Bonchev–Trinajstić information content (AvgIpc) is 3.27. The smallest absolute Gasteiger partial charge is 0.249 e. The Morgan fingerprint density at radius 3 is 1.50 bits per heavy atom. The molecule has 1 aliphatic rings. The van der Waals surface area contributed by atoms with Crippen LogP contribution >= 0.6 is 0 Å². The molecule has 1 saturated heterocycles. The summed E-state index contributed by atoms with van der Waals surface area (Å²) in [6.07, 6.45) is 37.3. The van der Waals surface area contributed by atoms with Crippen molar-refractivity contribution in [3.63, 3.8) is 0 Å². The number of aliphatic hydroxyl groups excluding tert-OH is 7. The zero-order valence-electron chi connectivity index (χ0n) is 39.1. The van der Waals surface area contributed by atoms with Crippen LogP contribution in [0.5, 0.6) is 0 Å². The molecule has 1 amide bonds. The van der Waals surface area contributed by atoms with Gasteiger partial charge in [0, 0.05) is 0 Å². The monoisotopic (exact) mass is 880 g/mol. The minimum Gasteiger partial charge on any atom is -0.394 e. The van der Waals surface area contributed by atoms with E-state index in [0.717, 1.165) is 70.6 Å². The second kappa shape index (κ2) is 40.6. The Labute approximate surface area is 377 Å². The third-order valence-corrected chi connectivity index (χ3v) is 11.8. The lowest BCUT2D eigenvalue weighted by molar-refractivity contribution is -0.303. The summed E-state index contributed by atoms with van der Waals surface area (Å²) in [6, 6.07) is -1.20. The Morgan fingerprint density at radius 1 is 0.548 bits per heavy atom. The molecule has 1 rings (SSSR count). The SMILES string of the molecule is CCC/C=C/CC/C=C/CC/C=C/CCCC(O)C(O)C(COC1OC(CO)C(O)C(O)C1O)NC(=O)C(O)CCCCCCCC/C=C\CCCCCCCCCCCCC. The minimum absolute atomic E-state index is 0.238. The van der Waals surface area contributed by atoms with Gasteiger partial charge in [0.2, 0.25) is 5.91 Å². The van der Waals surface area contributed by atoms with Crippen LogP contribution < -0.4 is 5.32 Å². The first-order valence-electron chi connectivity index (χ1n) is 25.0. The summed E-state index contributed by atoms with van der Waals surface area (Å²) in [4.78, 5) is 13.1. The van der Waals surface area contributed by atoms with Crippen LogP contribution in [0.3, 0.4) is 0 Å². The molecule has 0 aromatic carbocycles. The third kappa shape index (κ3) is 29.5. The molecule has 62 heavy (non-hydrogen) atoms. The molecule has 0 spiro atoms. The summed E-state index contributed by atoms with van der Waals surface area (Å²) >= 11 is 0. The zero-order chi connectivity index (χ0) is 45.5. The third-order valence-electron chi connectivity index (χ3n) is 11.8. The quantitative estimate of drug-likeness (QED) is 0.0218. The molecule has 8 N–H and O–H groups in total. The Balaban J connectivity index is 2.42. The number of aliphatic hydroxyl groups is 7. The van der Waals surface area contributed by atoms with Crippen LogP contribution in [0.2, 0.25) is 0 Å². The molecular weight excluding hydrogens is 787 g/mol. The molecule has 362 valence electrons. The number of rotatable bonds is 41. The largest absolute Gasteiger partial charge is 0.394 e. The van der Waals surface area contributed by atoms with Gasteiger partial charge in [-0.15, -0.1) is 0 Å². The van der Waals surface area contributed by atoms with Crippen molar-refractivity contribution in [1.29, 1.82) is 0 Å². The van der Waals surface area contributed by atoms with Gasteiger partial charge in [-0.2, -0.15) is 0 Å². The van der Waals surface area contributed by atoms with Crippen molar-refractivity contribution < 1.29 is 50.0 Å². The van der Waals surface area contributed by atoms with Crippen LogP contribution in [-0.4, -0.2) is 110 Å². The van der Waals surface area contributed by atoms with Gasteiger partial charge in [-0.25, -0.2) is 0 Å². The maximum atomic E-state index is 13.1. The van der Waals surface area contributed by atoms with Gasteiger partial charge in [-0.1, -0.05) is 165 Å². The lowest BCUT2D eigenvalue weighted by Gasteiger charge is -2.40. The first kappa shape index (κ1) is 58.1. The van der Waals surface area contributed by atoms with Gasteiger partial charge in [-0.3, -0.25) is 4.79 Å². The van der Waals surface area contributed by atoms with Crippen molar-refractivity contribution in [2.45, 2.75) is 255 Å². The second-order valence-electron chi connectivity index (χ2n) is 17.5. The lowest BCUT2D eigenvalue weighted by atomic mass is 9.98. The van der Waals surface area contributed by atoms with E-state index in [4.69, 9.17) is 9.47 Å². The zero-order valence-corrected chi connectivity index (χ0v) is 39.1. The normalized spacial score (nSPS) is 21.7. The van der Waals surface area contributed by atoms with Gasteiger partial charge in [0.25, 0.3) is 0 Å². The summed E-state index contributed by atoms with van der Waals surface area (Å²) in [5, 5.41) is 75.7. The number of amides is 1. The van der Waals surface area contributed by atoms with E-state index in [-0.39, 0.29) is 12.8 Å².